The van der Waals surface area contributed by atoms with E-state index in [1.54, 1.807) is 29.0 Å². The molecule has 23 heavy (non-hydrogen) atoms. The minimum atomic E-state index is -0.119. The van der Waals surface area contributed by atoms with Crippen molar-refractivity contribution in [3.05, 3.63) is 60.3 Å². The monoisotopic (exact) mass is 309 g/mol. The fraction of sp³-hybridized carbons (Fsp3) is 0.235. The Morgan fingerprint density at radius 1 is 1.43 bits per heavy atom. The van der Waals surface area contributed by atoms with Crippen molar-refractivity contribution in [3.63, 3.8) is 0 Å². The van der Waals surface area contributed by atoms with Crippen LogP contribution in [0.4, 0.5) is 0 Å². The van der Waals surface area contributed by atoms with Crippen LogP contribution in [0.25, 0.3) is 10.9 Å². The fourth-order valence-electron chi connectivity index (χ4n) is 2.57. The van der Waals surface area contributed by atoms with E-state index < -0.39 is 0 Å². The molecule has 1 N–H and O–H groups in total. The van der Waals surface area contributed by atoms with Crippen molar-refractivity contribution in [3.8, 4) is 0 Å². The minimum absolute atomic E-state index is 0.119. The Hall–Kier alpha value is -2.89. The number of rotatable bonds is 5. The van der Waals surface area contributed by atoms with Gasteiger partial charge in [-0.15, -0.1) is 6.58 Å². The average Bonchev–Trinajstić information content (AvgIpc) is 3.12. The number of fused-ring (bicyclic) bond motifs is 1. The number of allylic oxidation sites excluding steroid dienone is 1. The number of nitrogens with zero attached hydrogens (tertiary/aromatic N) is 4. The SMILES string of the molecule is C=CCn1nc(C(=O)N(C)Cc2nc[nH]c2C)c2ccccc21. The van der Waals surface area contributed by atoms with Crippen LogP contribution in [-0.4, -0.2) is 37.6 Å². The van der Waals surface area contributed by atoms with Crippen molar-refractivity contribution < 1.29 is 4.79 Å². The van der Waals surface area contributed by atoms with Gasteiger partial charge in [0.2, 0.25) is 0 Å². The van der Waals surface area contributed by atoms with E-state index >= 15 is 0 Å². The topological polar surface area (TPSA) is 66.8 Å². The number of carbonyl (C=O) groups excluding carboxylic acids is 1. The molecule has 118 valence electrons. The number of aryl methyl sites for hydroxylation is 1. The molecule has 1 amide bonds. The van der Waals surface area contributed by atoms with Crippen molar-refractivity contribution in [2.75, 3.05) is 7.05 Å². The van der Waals surface area contributed by atoms with Gasteiger partial charge in [0.15, 0.2) is 5.69 Å². The van der Waals surface area contributed by atoms with E-state index in [4.69, 9.17) is 0 Å². The van der Waals surface area contributed by atoms with Gasteiger partial charge in [0.05, 0.1) is 30.6 Å². The predicted octanol–water partition coefficient (Wildman–Crippen LogP) is 2.53. The van der Waals surface area contributed by atoms with Gasteiger partial charge in [-0.05, 0) is 13.0 Å². The van der Waals surface area contributed by atoms with Crippen LogP contribution >= 0.6 is 0 Å². The maximum atomic E-state index is 12.8. The Morgan fingerprint density at radius 2 is 2.22 bits per heavy atom. The van der Waals surface area contributed by atoms with Crippen molar-refractivity contribution >= 4 is 16.8 Å². The highest BCUT2D eigenvalue weighted by Crippen LogP contribution is 2.20. The fourth-order valence-corrected chi connectivity index (χ4v) is 2.57. The molecule has 6 heteroatoms. The van der Waals surface area contributed by atoms with Gasteiger partial charge in [0.25, 0.3) is 5.91 Å². The first-order chi connectivity index (χ1) is 11.1. The number of hydrogen-bond acceptors (Lipinski definition) is 3. The molecule has 3 rings (SSSR count). The summed E-state index contributed by atoms with van der Waals surface area (Å²) < 4.78 is 1.79. The molecule has 0 radical (unpaired) electrons. The van der Waals surface area contributed by atoms with E-state index in [1.807, 2.05) is 31.2 Å². The number of hydrogen-bond donors (Lipinski definition) is 1. The lowest BCUT2D eigenvalue weighted by Crippen LogP contribution is -2.27. The third-order valence-electron chi connectivity index (χ3n) is 3.83. The summed E-state index contributed by atoms with van der Waals surface area (Å²) in [4.78, 5) is 21.7. The lowest BCUT2D eigenvalue weighted by Gasteiger charge is -2.15. The summed E-state index contributed by atoms with van der Waals surface area (Å²) in [7, 11) is 1.76. The van der Waals surface area contributed by atoms with Crippen LogP contribution in [0.1, 0.15) is 21.9 Å². The number of H-pyrrole nitrogens is 1. The summed E-state index contributed by atoms with van der Waals surface area (Å²) in [5.74, 6) is -0.119. The van der Waals surface area contributed by atoms with Crippen LogP contribution in [0.2, 0.25) is 0 Å². The number of carbonyl (C=O) groups is 1. The molecule has 0 unspecified atom stereocenters. The van der Waals surface area contributed by atoms with E-state index in [0.29, 0.717) is 18.8 Å². The molecule has 0 saturated carbocycles. The maximum Gasteiger partial charge on any atom is 0.275 e. The largest absolute Gasteiger partial charge is 0.348 e. The molecule has 0 atom stereocenters. The number of amides is 1. The van der Waals surface area contributed by atoms with Crippen LogP contribution in [0.5, 0.6) is 0 Å². The molecule has 0 saturated heterocycles. The first-order valence-electron chi connectivity index (χ1n) is 7.42. The predicted molar refractivity (Wildman–Crippen MR) is 89.1 cm³/mol. The maximum absolute atomic E-state index is 12.8. The Morgan fingerprint density at radius 3 is 2.91 bits per heavy atom. The van der Waals surface area contributed by atoms with Crippen molar-refractivity contribution in [2.45, 2.75) is 20.0 Å². The zero-order valence-electron chi connectivity index (χ0n) is 13.3. The summed E-state index contributed by atoms with van der Waals surface area (Å²) in [5, 5.41) is 5.33. The summed E-state index contributed by atoms with van der Waals surface area (Å²) >= 11 is 0. The quantitative estimate of drug-likeness (QED) is 0.736. The third-order valence-corrected chi connectivity index (χ3v) is 3.83. The molecule has 0 aliphatic heterocycles. The number of imidazole rings is 1. The second-order valence-electron chi connectivity index (χ2n) is 5.47. The minimum Gasteiger partial charge on any atom is -0.348 e. The molecule has 2 aromatic heterocycles. The normalized spacial score (nSPS) is 10.9. The lowest BCUT2D eigenvalue weighted by atomic mass is 10.2. The Kier molecular flexibility index (Phi) is 3.97. The number of benzene rings is 1. The van der Waals surface area contributed by atoms with E-state index in [9.17, 15) is 4.79 Å². The first-order valence-corrected chi connectivity index (χ1v) is 7.42. The summed E-state index contributed by atoms with van der Waals surface area (Å²) in [6, 6.07) is 7.73. The number of para-hydroxylation sites is 1. The van der Waals surface area contributed by atoms with Gasteiger partial charge in [0, 0.05) is 18.1 Å². The van der Waals surface area contributed by atoms with Crippen molar-refractivity contribution in [1.29, 1.82) is 0 Å². The van der Waals surface area contributed by atoms with Crippen molar-refractivity contribution in [2.24, 2.45) is 0 Å². The molecule has 0 spiro atoms. The highest BCUT2D eigenvalue weighted by atomic mass is 16.2. The highest BCUT2D eigenvalue weighted by molar-refractivity contribution is 6.04. The molecule has 6 nitrogen and oxygen atoms in total. The second kappa shape index (κ2) is 6.08. The zero-order valence-corrected chi connectivity index (χ0v) is 13.3. The van der Waals surface area contributed by atoms with Crippen LogP contribution < -0.4 is 0 Å². The molecule has 0 fully saturated rings. The highest BCUT2D eigenvalue weighted by Gasteiger charge is 2.21. The van der Waals surface area contributed by atoms with Crippen LogP contribution in [-0.2, 0) is 13.1 Å². The summed E-state index contributed by atoms with van der Waals surface area (Å²) in [6.07, 6.45) is 3.40. The third kappa shape index (κ3) is 2.75. The van der Waals surface area contributed by atoms with Gasteiger partial charge in [-0.2, -0.15) is 5.10 Å². The van der Waals surface area contributed by atoms with E-state index in [0.717, 1.165) is 22.3 Å². The molecule has 3 aromatic rings. The molecular formula is C17H19N5O. The average molecular weight is 309 g/mol. The molecule has 0 aliphatic rings. The first kappa shape index (κ1) is 15.0. The molecule has 2 heterocycles. The number of aromatic amines is 1. The Balaban J connectivity index is 1.94. The second-order valence-corrected chi connectivity index (χ2v) is 5.47. The zero-order chi connectivity index (χ0) is 16.4. The van der Waals surface area contributed by atoms with Crippen molar-refractivity contribution in [1.82, 2.24) is 24.6 Å². The molecular weight excluding hydrogens is 290 g/mol. The number of aromatic nitrogens is 4. The molecule has 0 bridgehead atoms. The lowest BCUT2D eigenvalue weighted by molar-refractivity contribution is 0.0778. The van der Waals surface area contributed by atoms with Crippen LogP contribution in [0.15, 0.2) is 43.2 Å². The van der Waals surface area contributed by atoms with Gasteiger partial charge in [-0.3, -0.25) is 9.48 Å². The van der Waals surface area contributed by atoms with Gasteiger partial charge in [0.1, 0.15) is 0 Å². The van der Waals surface area contributed by atoms with E-state index in [2.05, 4.69) is 21.6 Å². The standard InChI is InChI=1S/C17H19N5O/c1-4-9-22-15-8-6-5-7-13(15)16(20-22)17(23)21(3)10-14-12(2)18-11-19-14/h4-8,11H,1,9-10H2,2-3H3,(H,18,19). The smallest absolute Gasteiger partial charge is 0.275 e. The van der Waals surface area contributed by atoms with Gasteiger partial charge >= 0.3 is 0 Å². The van der Waals surface area contributed by atoms with Crippen LogP contribution in [0, 0.1) is 6.92 Å². The van der Waals surface area contributed by atoms with E-state index in [-0.39, 0.29) is 5.91 Å². The summed E-state index contributed by atoms with van der Waals surface area (Å²) in [5.41, 5.74) is 3.21. The van der Waals surface area contributed by atoms with Crippen LogP contribution in [0.3, 0.4) is 0 Å². The molecule has 0 aliphatic carbocycles. The van der Waals surface area contributed by atoms with Gasteiger partial charge in [-0.25, -0.2) is 4.98 Å². The van der Waals surface area contributed by atoms with Gasteiger partial charge in [-0.1, -0.05) is 24.3 Å². The Bertz CT molecular complexity index is 861. The molecule has 1 aromatic carbocycles. The van der Waals surface area contributed by atoms with E-state index in [1.165, 1.54) is 0 Å². The Labute approximate surface area is 134 Å². The summed E-state index contributed by atoms with van der Waals surface area (Å²) in [6.45, 7) is 6.69. The van der Waals surface area contributed by atoms with Gasteiger partial charge < -0.3 is 9.88 Å². The number of nitrogens with one attached hydrogen (secondary N) is 1.